The highest BCUT2D eigenvalue weighted by Gasteiger charge is 2.23. The van der Waals surface area contributed by atoms with Gasteiger partial charge < -0.3 is 15.0 Å². The van der Waals surface area contributed by atoms with Gasteiger partial charge in [0.15, 0.2) is 0 Å². The number of nitrogens with zero attached hydrogens (tertiary/aromatic N) is 3. The molecule has 0 saturated carbocycles. The molecule has 1 aliphatic heterocycles. The maximum absolute atomic E-state index is 12.4. The van der Waals surface area contributed by atoms with E-state index in [0.29, 0.717) is 36.8 Å². The molecule has 1 aromatic carbocycles. The summed E-state index contributed by atoms with van der Waals surface area (Å²) in [6.07, 6.45) is 2.35. The molecule has 0 bridgehead atoms. The Balaban J connectivity index is 1.74. The van der Waals surface area contributed by atoms with Crippen molar-refractivity contribution in [2.75, 3.05) is 27.3 Å². The molecule has 2 amide bonds. The van der Waals surface area contributed by atoms with Gasteiger partial charge in [0.05, 0.1) is 23.8 Å². The molecule has 7 nitrogen and oxygen atoms in total. The molecule has 7 heteroatoms. The molecule has 1 fully saturated rings. The van der Waals surface area contributed by atoms with Gasteiger partial charge in [0.1, 0.15) is 5.82 Å². The molecule has 1 aliphatic rings. The van der Waals surface area contributed by atoms with Crippen LogP contribution in [0.2, 0.25) is 0 Å². The second kappa shape index (κ2) is 8.26. The Morgan fingerprint density at radius 3 is 2.63 bits per heavy atom. The largest absolute Gasteiger partial charge is 0.381 e. The highest BCUT2D eigenvalue weighted by molar-refractivity contribution is 5.99. The Kier molecular flexibility index (Phi) is 5.81. The lowest BCUT2D eigenvalue weighted by Crippen LogP contribution is -2.30. The predicted octanol–water partition coefficient (Wildman–Crippen LogP) is 1.81. The van der Waals surface area contributed by atoms with Crippen molar-refractivity contribution in [1.82, 2.24) is 20.2 Å². The van der Waals surface area contributed by atoms with Crippen LogP contribution in [0.3, 0.4) is 0 Å². The van der Waals surface area contributed by atoms with Crippen LogP contribution in [-0.2, 0) is 16.1 Å². The molecule has 3 rings (SSSR count). The number of amides is 2. The lowest BCUT2D eigenvalue weighted by atomic mass is 10.0. The van der Waals surface area contributed by atoms with Crippen molar-refractivity contribution in [2.45, 2.75) is 19.9 Å². The smallest absolute Gasteiger partial charge is 0.257 e. The zero-order valence-corrected chi connectivity index (χ0v) is 15.9. The molecule has 2 heterocycles. The molecular weight excluding hydrogens is 344 g/mol. The zero-order valence-electron chi connectivity index (χ0n) is 15.9. The van der Waals surface area contributed by atoms with Crippen LogP contribution < -0.4 is 5.32 Å². The third-order valence-electron chi connectivity index (χ3n) is 4.54. The lowest BCUT2D eigenvalue weighted by Gasteiger charge is -2.14. The molecule has 0 aliphatic carbocycles. The minimum Gasteiger partial charge on any atom is -0.381 e. The number of carbonyl (C=O) groups is 2. The molecule has 1 saturated heterocycles. The SMILES string of the molecule is Cc1ncc(C(=O)N(C)C)c(-c2ccc(CNC(=O)C3CCOC3)cc2)n1. The Hall–Kier alpha value is -2.80. The first-order valence-electron chi connectivity index (χ1n) is 8.95. The quantitative estimate of drug-likeness (QED) is 0.870. The van der Waals surface area contributed by atoms with Gasteiger partial charge in [-0.15, -0.1) is 0 Å². The first-order valence-corrected chi connectivity index (χ1v) is 8.95. The summed E-state index contributed by atoms with van der Waals surface area (Å²) in [6, 6.07) is 7.69. The Morgan fingerprint density at radius 2 is 2.00 bits per heavy atom. The van der Waals surface area contributed by atoms with Crippen molar-refractivity contribution in [2.24, 2.45) is 5.92 Å². The molecule has 1 unspecified atom stereocenters. The molecule has 27 heavy (non-hydrogen) atoms. The van der Waals surface area contributed by atoms with E-state index in [0.717, 1.165) is 17.5 Å². The van der Waals surface area contributed by atoms with Crippen LogP contribution in [0, 0.1) is 12.8 Å². The first kappa shape index (κ1) is 19.0. The number of carbonyl (C=O) groups excluding carboxylic acids is 2. The number of hydrogen-bond acceptors (Lipinski definition) is 5. The summed E-state index contributed by atoms with van der Waals surface area (Å²) < 4.78 is 5.25. The summed E-state index contributed by atoms with van der Waals surface area (Å²) in [6.45, 7) is 3.41. The molecular formula is C20H24N4O3. The van der Waals surface area contributed by atoms with Gasteiger partial charge in [-0.05, 0) is 18.9 Å². The first-order chi connectivity index (χ1) is 13.0. The molecule has 2 aromatic rings. The van der Waals surface area contributed by atoms with Gasteiger partial charge in [0, 0.05) is 39.0 Å². The minimum atomic E-state index is -0.139. The van der Waals surface area contributed by atoms with E-state index >= 15 is 0 Å². The third kappa shape index (κ3) is 4.49. The van der Waals surface area contributed by atoms with Crippen molar-refractivity contribution in [3.05, 3.63) is 47.4 Å². The number of benzene rings is 1. The van der Waals surface area contributed by atoms with Gasteiger partial charge in [-0.25, -0.2) is 9.97 Å². The number of aryl methyl sites for hydroxylation is 1. The Bertz CT molecular complexity index is 828. The third-order valence-corrected chi connectivity index (χ3v) is 4.54. The molecule has 1 aromatic heterocycles. The van der Waals surface area contributed by atoms with Crippen molar-refractivity contribution in [1.29, 1.82) is 0 Å². The monoisotopic (exact) mass is 368 g/mol. The number of rotatable bonds is 5. The topological polar surface area (TPSA) is 84.4 Å². The van der Waals surface area contributed by atoms with E-state index < -0.39 is 0 Å². The van der Waals surface area contributed by atoms with Gasteiger partial charge >= 0.3 is 0 Å². The number of aromatic nitrogens is 2. The van der Waals surface area contributed by atoms with E-state index in [-0.39, 0.29) is 17.7 Å². The highest BCUT2D eigenvalue weighted by atomic mass is 16.5. The van der Waals surface area contributed by atoms with Crippen LogP contribution >= 0.6 is 0 Å². The Labute approximate surface area is 158 Å². The highest BCUT2D eigenvalue weighted by Crippen LogP contribution is 2.23. The summed E-state index contributed by atoms with van der Waals surface area (Å²) in [7, 11) is 3.40. The molecule has 0 spiro atoms. The van der Waals surface area contributed by atoms with E-state index in [1.807, 2.05) is 24.3 Å². The standard InChI is InChI=1S/C20H24N4O3/c1-13-21-11-17(20(26)24(2)3)18(23-13)15-6-4-14(5-7-15)10-22-19(25)16-8-9-27-12-16/h4-7,11,16H,8-10,12H2,1-3H3,(H,22,25). The Morgan fingerprint density at radius 1 is 1.26 bits per heavy atom. The van der Waals surface area contributed by atoms with E-state index in [9.17, 15) is 9.59 Å². The summed E-state index contributed by atoms with van der Waals surface area (Å²) in [4.78, 5) is 34.6. The fraction of sp³-hybridized carbons (Fsp3) is 0.400. The molecule has 142 valence electrons. The average Bonchev–Trinajstić information content (AvgIpc) is 3.21. The predicted molar refractivity (Wildman–Crippen MR) is 101 cm³/mol. The van der Waals surface area contributed by atoms with Crippen LogP contribution in [0.5, 0.6) is 0 Å². The van der Waals surface area contributed by atoms with Crippen LogP contribution in [0.4, 0.5) is 0 Å². The van der Waals surface area contributed by atoms with Crippen LogP contribution in [0.15, 0.2) is 30.5 Å². The normalized spacial score (nSPS) is 16.2. The summed E-state index contributed by atoms with van der Waals surface area (Å²) in [5, 5.41) is 2.95. The van der Waals surface area contributed by atoms with E-state index in [1.165, 1.54) is 4.90 Å². The van der Waals surface area contributed by atoms with Crippen molar-refractivity contribution in [3.8, 4) is 11.3 Å². The number of ether oxygens (including phenoxy) is 1. The number of nitrogens with one attached hydrogen (secondary N) is 1. The summed E-state index contributed by atoms with van der Waals surface area (Å²) >= 11 is 0. The minimum absolute atomic E-state index is 0.0295. The van der Waals surface area contributed by atoms with E-state index in [4.69, 9.17) is 4.74 Å². The second-order valence-electron chi connectivity index (χ2n) is 6.85. The lowest BCUT2D eigenvalue weighted by molar-refractivity contribution is -0.125. The molecule has 1 atom stereocenters. The fourth-order valence-electron chi connectivity index (χ4n) is 2.94. The van der Waals surface area contributed by atoms with Gasteiger partial charge in [0.25, 0.3) is 5.91 Å². The van der Waals surface area contributed by atoms with Gasteiger partial charge in [0.2, 0.25) is 5.91 Å². The fourth-order valence-corrected chi connectivity index (χ4v) is 2.94. The maximum atomic E-state index is 12.4. The van der Waals surface area contributed by atoms with Crippen LogP contribution in [0.1, 0.15) is 28.2 Å². The molecule has 0 radical (unpaired) electrons. The summed E-state index contributed by atoms with van der Waals surface area (Å²) in [5.74, 6) is 0.449. The van der Waals surface area contributed by atoms with Crippen molar-refractivity contribution >= 4 is 11.8 Å². The second-order valence-corrected chi connectivity index (χ2v) is 6.85. The number of hydrogen-bond donors (Lipinski definition) is 1. The molecule has 1 N–H and O–H groups in total. The van der Waals surface area contributed by atoms with Crippen molar-refractivity contribution in [3.63, 3.8) is 0 Å². The van der Waals surface area contributed by atoms with Crippen LogP contribution in [0.25, 0.3) is 11.3 Å². The average molecular weight is 368 g/mol. The van der Waals surface area contributed by atoms with E-state index in [2.05, 4.69) is 15.3 Å². The van der Waals surface area contributed by atoms with Gasteiger partial charge in [-0.2, -0.15) is 0 Å². The zero-order chi connectivity index (χ0) is 19.4. The summed E-state index contributed by atoms with van der Waals surface area (Å²) in [5.41, 5.74) is 2.90. The maximum Gasteiger partial charge on any atom is 0.257 e. The van der Waals surface area contributed by atoms with Gasteiger partial charge in [-0.1, -0.05) is 24.3 Å². The van der Waals surface area contributed by atoms with E-state index in [1.54, 1.807) is 27.2 Å². The van der Waals surface area contributed by atoms with Crippen molar-refractivity contribution < 1.29 is 14.3 Å². The van der Waals surface area contributed by atoms with Crippen LogP contribution in [-0.4, -0.2) is 54.0 Å². The van der Waals surface area contributed by atoms with Gasteiger partial charge in [-0.3, -0.25) is 9.59 Å².